The molecule has 2 rings (SSSR count). The van der Waals surface area contributed by atoms with Crippen LogP contribution in [0.1, 0.15) is 10.5 Å². The van der Waals surface area contributed by atoms with Gasteiger partial charge < -0.3 is 10.2 Å². The Morgan fingerprint density at radius 3 is 2.67 bits per heavy atom. The SMILES string of the molecule is C#CCNC(=O)CN1CCN(C(=O)c2ccccn2)CC1. The van der Waals surface area contributed by atoms with Gasteiger partial charge in [-0.2, -0.15) is 0 Å². The lowest BCUT2D eigenvalue weighted by Crippen LogP contribution is -2.51. The number of rotatable bonds is 4. The summed E-state index contributed by atoms with van der Waals surface area (Å²) in [5, 5.41) is 2.63. The molecule has 1 N–H and O–H groups in total. The molecule has 1 saturated heterocycles. The summed E-state index contributed by atoms with van der Waals surface area (Å²) < 4.78 is 0. The molecular weight excluding hydrogens is 268 g/mol. The summed E-state index contributed by atoms with van der Waals surface area (Å²) in [6.07, 6.45) is 6.70. The van der Waals surface area contributed by atoms with Gasteiger partial charge in [-0.25, -0.2) is 0 Å². The van der Waals surface area contributed by atoms with Crippen LogP contribution in [0.15, 0.2) is 24.4 Å². The summed E-state index contributed by atoms with van der Waals surface area (Å²) in [5.41, 5.74) is 0.456. The van der Waals surface area contributed by atoms with Gasteiger partial charge in [-0.1, -0.05) is 12.0 Å². The number of pyridine rings is 1. The Morgan fingerprint density at radius 2 is 2.05 bits per heavy atom. The highest BCUT2D eigenvalue weighted by atomic mass is 16.2. The zero-order chi connectivity index (χ0) is 15.1. The average Bonchev–Trinajstić information content (AvgIpc) is 2.54. The maximum Gasteiger partial charge on any atom is 0.272 e. The predicted molar refractivity (Wildman–Crippen MR) is 78.4 cm³/mol. The molecule has 2 amide bonds. The average molecular weight is 286 g/mol. The molecule has 0 bridgehead atoms. The second kappa shape index (κ2) is 7.41. The standard InChI is InChI=1S/C15H18N4O2/c1-2-6-17-14(20)12-18-8-10-19(11-9-18)15(21)13-5-3-4-7-16-13/h1,3-5,7H,6,8-12H2,(H,17,20). The number of terminal acetylenes is 1. The first-order valence-electron chi connectivity index (χ1n) is 6.83. The zero-order valence-corrected chi connectivity index (χ0v) is 11.8. The third-order valence-electron chi connectivity index (χ3n) is 3.30. The number of hydrogen-bond donors (Lipinski definition) is 1. The van der Waals surface area contributed by atoms with Crippen LogP contribution in [0.4, 0.5) is 0 Å². The molecule has 1 aliphatic rings. The normalized spacial score (nSPS) is 15.3. The Balaban J connectivity index is 1.80. The van der Waals surface area contributed by atoms with Gasteiger partial charge in [0, 0.05) is 32.4 Å². The van der Waals surface area contributed by atoms with Crippen molar-refractivity contribution in [2.75, 3.05) is 39.3 Å². The third kappa shape index (κ3) is 4.29. The summed E-state index contributed by atoms with van der Waals surface area (Å²) >= 11 is 0. The monoisotopic (exact) mass is 286 g/mol. The van der Waals surface area contributed by atoms with Gasteiger partial charge in [-0.3, -0.25) is 19.5 Å². The molecule has 0 aromatic carbocycles. The molecule has 0 radical (unpaired) electrons. The molecular formula is C15H18N4O2. The first-order valence-corrected chi connectivity index (χ1v) is 6.83. The topological polar surface area (TPSA) is 65.5 Å². The van der Waals surface area contributed by atoms with E-state index in [1.165, 1.54) is 0 Å². The lowest BCUT2D eigenvalue weighted by atomic mass is 10.2. The minimum absolute atomic E-state index is 0.0629. The first-order chi connectivity index (χ1) is 10.2. The van der Waals surface area contributed by atoms with Gasteiger partial charge >= 0.3 is 0 Å². The number of aromatic nitrogens is 1. The van der Waals surface area contributed by atoms with Crippen molar-refractivity contribution in [2.24, 2.45) is 0 Å². The van der Waals surface area contributed by atoms with Crippen LogP contribution in [-0.4, -0.2) is 65.9 Å². The maximum atomic E-state index is 12.2. The van der Waals surface area contributed by atoms with E-state index in [1.54, 1.807) is 29.3 Å². The molecule has 1 aromatic heterocycles. The van der Waals surface area contributed by atoms with Gasteiger partial charge in [0.15, 0.2) is 0 Å². The van der Waals surface area contributed by atoms with Crippen LogP contribution in [0.3, 0.4) is 0 Å². The molecule has 6 nitrogen and oxygen atoms in total. The second-order valence-corrected chi connectivity index (χ2v) is 4.76. The molecule has 1 fully saturated rings. The smallest absolute Gasteiger partial charge is 0.272 e. The number of amides is 2. The summed E-state index contributed by atoms with van der Waals surface area (Å²) in [6, 6.07) is 5.29. The van der Waals surface area contributed by atoms with Crippen LogP contribution in [0, 0.1) is 12.3 Å². The molecule has 0 unspecified atom stereocenters. The van der Waals surface area contributed by atoms with Crippen molar-refractivity contribution in [1.29, 1.82) is 0 Å². The second-order valence-electron chi connectivity index (χ2n) is 4.76. The van der Waals surface area contributed by atoms with E-state index in [1.807, 2.05) is 4.90 Å². The maximum absolute atomic E-state index is 12.2. The fourth-order valence-electron chi connectivity index (χ4n) is 2.17. The quantitative estimate of drug-likeness (QED) is 0.764. The van der Waals surface area contributed by atoms with Crippen molar-refractivity contribution in [3.05, 3.63) is 30.1 Å². The predicted octanol–water partition coefficient (Wildman–Crippen LogP) is -0.411. The van der Waals surface area contributed by atoms with Crippen LogP contribution in [0.2, 0.25) is 0 Å². The van der Waals surface area contributed by atoms with Gasteiger partial charge in [0.25, 0.3) is 5.91 Å². The zero-order valence-electron chi connectivity index (χ0n) is 11.8. The fourth-order valence-corrected chi connectivity index (χ4v) is 2.17. The lowest BCUT2D eigenvalue weighted by Gasteiger charge is -2.34. The Labute approximate surface area is 124 Å². The molecule has 0 atom stereocenters. The van der Waals surface area contributed by atoms with Crippen LogP contribution in [0.5, 0.6) is 0 Å². The van der Waals surface area contributed by atoms with E-state index in [-0.39, 0.29) is 18.4 Å². The summed E-state index contributed by atoms with van der Waals surface area (Å²) in [6.45, 7) is 3.09. The van der Waals surface area contributed by atoms with Crippen molar-refractivity contribution in [3.8, 4) is 12.3 Å². The van der Waals surface area contributed by atoms with Gasteiger partial charge in [0.2, 0.25) is 5.91 Å². The van der Waals surface area contributed by atoms with E-state index < -0.39 is 0 Å². The molecule has 110 valence electrons. The summed E-state index contributed by atoms with van der Waals surface area (Å²) in [4.78, 5) is 31.6. The highest BCUT2D eigenvalue weighted by Crippen LogP contribution is 2.06. The molecule has 1 aliphatic heterocycles. The van der Waals surface area contributed by atoms with Gasteiger partial charge in [0.05, 0.1) is 13.1 Å². The van der Waals surface area contributed by atoms with Crippen molar-refractivity contribution >= 4 is 11.8 Å². The number of hydrogen-bond acceptors (Lipinski definition) is 4. The van der Waals surface area contributed by atoms with E-state index in [0.29, 0.717) is 38.4 Å². The number of nitrogens with zero attached hydrogens (tertiary/aromatic N) is 3. The fraction of sp³-hybridized carbons (Fsp3) is 0.400. The van der Waals surface area contributed by atoms with Crippen LogP contribution in [-0.2, 0) is 4.79 Å². The summed E-state index contributed by atoms with van der Waals surface area (Å²) in [7, 11) is 0. The Hall–Kier alpha value is -2.39. The van der Waals surface area contributed by atoms with E-state index >= 15 is 0 Å². The number of carbonyl (C=O) groups is 2. The number of carbonyl (C=O) groups excluding carboxylic acids is 2. The van der Waals surface area contributed by atoms with Crippen molar-refractivity contribution in [1.82, 2.24) is 20.1 Å². The van der Waals surface area contributed by atoms with E-state index in [0.717, 1.165) is 0 Å². The Bertz CT molecular complexity index is 530. The molecule has 0 spiro atoms. The highest BCUT2D eigenvalue weighted by molar-refractivity contribution is 5.92. The highest BCUT2D eigenvalue weighted by Gasteiger charge is 2.23. The van der Waals surface area contributed by atoms with Crippen molar-refractivity contribution < 1.29 is 9.59 Å². The third-order valence-corrected chi connectivity index (χ3v) is 3.30. The Kier molecular flexibility index (Phi) is 5.29. The molecule has 21 heavy (non-hydrogen) atoms. The molecule has 2 heterocycles. The molecule has 1 aromatic rings. The minimum Gasteiger partial charge on any atom is -0.344 e. The first kappa shape index (κ1) is 15.0. The Morgan fingerprint density at radius 1 is 1.29 bits per heavy atom. The molecule has 0 saturated carbocycles. The van der Waals surface area contributed by atoms with Gasteiger partial charge in [-0.05, 0) is 12.1 Å². The van der Waals surface area contributed by atoms with Crippen molar-refractivity contribution in [2.45, 2.75) is 0 Å². The lowest BCUT2D eigenvalue weighted by molar-refractivity contribution is -0.122. The molecule has 6 heteroatoms. The van der Waals surface area contributed by atoms with Crippen LogP contribution in [0.25, 0.3) is 0 Å². The summed E-state index contributed by atoms with van der Waals surface area (Å²) in [5.74, 6) is 2.22. The largest absolute Gasteiger partial charge is 0.344 e. The minimum atomic E-state index is -0.0857. The van der Waals surface area contributed by atoms with Crippen molar-refractivity contribution in [3.63, 3.8) is 0 Å². The number of piperazine rings is 1. The van der Waals surface area contributed by atoms with E-state index in [2.05, 4.69) is 16.2 Å². The number of nitrogens with one attached hydrogen (secondary N) is 1. The molecule has 0 aliphatic carbocycles. The van der Waals surface area contributed by atoms with Crippen LogP contribution < -0.4 is 5.32 Å². The van der Waals surface area contributed by atoms with E-state index in [4.69, 9.17) is 6.42 Å². The van der Waals surface area contributed by atoms with Crippen LogP contribution >= 0.6 is 0 Å². The van der Waals surface area contributed by atoms with E-state index in [9.17, 15) is 9.59 Å². The van der Waals surface area contributed by atoms with Gasteiger partial charge in [-0.15, -0.1) is 6.42 Å². The van der Waals surface area contributed by atoms with Gasteiger partial charge in [0.1, 0.15) is 5.69 Å².